The summed E-state index contributed by atoms with van der Waals surface area (Å²) in [6, 6.07) is 2.43. The predicted octanol–water partition coefficient (Wildman–Crippen LogP) is 3.31. The number of rotatable bonds is 1. The Labute approximate surface area is 97.2 Å². The van der Waals surface area contributed by atoms with E-state index in [0.29, 0.717) is 11.2 Å². The van der Waals surface area contributed by atoms with Gasteiger partial charge < -0.3 is 5.32 Å². The third kappa shape index (κ3) is 2.27. The summed E-state index contributed by atoms with van der Waals surface area (Å²) in [6.07, 6.45) is 5.41. The van der Waals surface area contributed by atoms with Gasteiger partial charge in [0.1, 0.15) is 5.15 Å². The van der Waals surface area contributed by atoms with Crippen molar-refractivity contribution in [1.29, 1.82) is 0 Å². The SMILES string of the molecule is Clc1ncc(Br)cc1C1CCCCN1. The van der Waals surface area contributed by atoms with Gasteiger partial charge in [0.15, 0.2) is 0 Å². The molecule has 1 fully saturated rings. The minimum absolute atomic E-state index is 0.376. The molecule has 2 rings (SSSR count). The lowest BCUT2D eigenvalue weighted by Gasteiger charge is -2.24. The van der Waals surface area contributed by atoms with Crippen molar-refractivity contribution in [3.8, 4) is 0 Å². The molecule has 1 unspecified atom stereocenters. The van der Waals surface area contributed by atoms with Gasteiger partial charge in [-0.15, -0.1) is 0 Å². The fourth-order valence-electron chi connectivity index (χ4n) is 1.80. The predicted molar refractivity (Wildman–Crippen MR) is 61.5 cm³/mol. The number of pyridine rings is 1. The summed E-state index contributed by atoms with van der Waals surface area (Å²) in [5.74, 6) is 0. The zero-order valence-electron chi connectivity index (χ0n) is 7.76. The first-order valence-corrected chi connectivity index (χ1v) is 5.99. The number of piperidine rings is 1. The van der Waals surface area contributed by atoms with Crippen molar-refractivity contribution in [1.82, 2.24) is 10.3 Å². The molecule has 0 saturated carbocycles. The van der Waals surface area contributed by atoms with Crippen LogP contribution in [-0.4, -0.2) is 11.5 Å². The Morgan fingerprint density at radius 3 is 3.07 bits per heavy atom. The van der Waals surface area contributed by atoms with Gasteiger partial charge in [-0.2, -0.15) is 0 Å². The maximum Gasteiger partial charge on any atom is 0.133 e. The highest BCUT2D eigenvalue weighted by molar-refractivity contribution is 9.10. The Morgan fingerprint density at radius 2 is 2.36 bits per heavy atom. The Bertz CT molecular complexity index is 324. The summed E-state index contributed by atoms with van der Waals surface area (Å²) in [7, 11) is 0. The van der Waals surface area contributed by atoms with Crippen LogP contribution in [0.25, 0.3) is 0 Å². The smallest absolute Gasteiger partial charge is 0.133 e. The summed E-state index contributed by atoms with van der Waals surface area (Å²) < 4.78 is 0.990. The second-order valence-corrected chi connectivity index (χ2v) is 4.81. The summed E-state index contributed by atoms with van der Waals surface area (Å²) >= 11 is 9.47. The summed E-state index contributed by atoms with van der Waals surface area (Å²) in [5.41, 5.74) is 1.11. The van der Waals surface area contributed by atoms with E-state index in [9.17, 15) is 0 Å². The number of hydrogen-bond donors (Lipinski definition) is 1. The van der Waals surface area contributed by atoms with E-state index in [1.807, 2.05) is 0 Å². The third-order valence-electron chi connectivity index (χ3n) is 2.52. The zero-order chi connectivity index (χ0) is 9.97. The molecule has 1 aliphatic heterocycles. The van der Waals surface area contributed by atoms with Gasteiger partial charge in [-0.3, -0.25) is 0 Å². The van der Waals surface area contributed by atoms with Gasteiger partial charge in [-0.1, -0.05) is 18.0 Å². The molecule has 14 heavy (non-hydrogen) atoms. The van der Waals surface area contributed by atoms with Crippen molar-refractivity contribution in [3.63, 3.8) is 0 Å². The molecule has 0 bridgehead atoms. The maximum atomic E-state index is 6.06. The van der Waals surface area contributed by atoms with Crippen molar-refractivity contribution in [2.75, 3.05) is 6.54 Å². The van der Waals surface area contributed by atoms with E-state index in [-0.39, 0.29) is 0 Å². The molecule has 76 valence electrons. The van der Waals surface area contributed by atoms with Crippen LogP contribution < -0.4 is 5.32 Å². The lowest BCUT2D eigenvalue weighted by Crippen LogP contribution is -2.27. The Hall–Kier alpha value is -0.120. The normalized spacial score (nSPS) is 22.3. The van der Waals surface area contributed by atoms with Gasteiger partial charge in [0.25, 0.3) is 0 Å². The standard InChI is InChI=1S/C10H12BrClN2/c11-7-5-8(10(12)14-6-7)9-3-1-2-4-13-9/h5-6,9,13H,1-4H2. The van der Waals surface area contributed by atoms with E-state index in [4.69, 9.17) is 11.6 Å². The van der Waals surface area contributed by atoms with Crippen LogP contribution in [0.4, 0.5) is 0 Å². The first kappa shape index (κ1) is 10.4. The lowest BCUT2D eigenvalue weighted by atomic mass is 9.99. The minimum Gasteiger partial charge on any atom is -0.310 e. The molecule has 0 radical (unpaired) electrons. The first-order valence-electron chi connectivity index (χ1n) is 4.81. The van der Waals surface area contributed by atoms with Crippen LogP contribution in [0.1, 0.15) is 30.9 Å². The van der Waals surface area contributed by atoms with E-state index in [0.717, 1.165) is 23.0 Å². The molecule has 2 nitrogen and oxygen atoms in total. The summed E-state index contributed by atoms with van der Waals surface area (Å²) in [4.78, 5) is 4.13. The summed E-state index contributed by atoms with van der Waals surface area (Å²) in [6.45, 7) is 1.08. The van der Waals surface area contributed by atoms with Gasteiger partial charge >= 0.3 is 0 Å². The van der Waals surface area contributed by atoms with Gasteiger partial charge in [-0.05, 0) is 41.4 Å². The molecule has 1 N–H and O–H groups in total. The molecular formula is C10H12BrClN2. The molecular weight excluding hydrogens is 263 g/mol. The number of nitrogens with one attached hydrogen (secondary N) is 1. The van der Waals surface area contributed by atoms with Crippen LogP contribution in [0.3, 0.4) is 0 Å². The minimum atomic E-state index is 0.376. The Balaban J connectivity index is 2.24. The van der Waals surface area contributed by atoms with Gasteiger partial charge in [0.2, 0.25) is 0 Å². The zero-order valence-corrected chi connectivity index (χ0v) is 10.1. The average molecular weight is 276 g/mol. The number of hydrogen-bond acceptors (Lipinski definition) is 2. The topological polar surface area (TPSA) is 24.9 Å². The molecule has 0 spiro atoms. The van der Waals surface area contributed by atoms with Crippen LogP contribution in [0.5, 0.6) is 0 Å². The van der Waals surface area contributed by atoms with Crippen LogP contribution in [0, 0.1) is 0 Å². The summed E-state index contributed by atoms with van der Waals surface area (Å²) in [5, 5.41) is 4.08. The van der Waals surface area contributed by atoms with Crippen molar-refractivity contribution in [2.24, 2.45) is 0 Å². The molecule has 0 aromatic carbocycles. The maximum absolute atomic E-state index is 6.06. The van der Waals surface area contributed by atoms with Crippen molar-refractivity contribution in [3.05, 3.63) is 27.5 Å². The van der Waals surface area contributed by atoms with Crippen molar-refractivity contribution < 1.29 is 0 Å². The van der Waals surface area contributed by atoms with E-state index >= 15 is 0 Å². The first-order chi connectivity index (χ1) is 6.77. The fraction of sp³-hybridized carbons (Fsp3) is 0.500. The highest BCUT2D eigenvalue weighted by Gasteiger charge is 2.17. The second kappa shape index (κ2) is 4.60. The molecule has 2 heterocycles. The lowest BCUT2D eigenvalue weighted by molar-refractivity contribution is 0.411. The molecule has 1 aliphatic rings. The van der Waals surface area contributed by atoms with Crippen LogP contribution in [0.15, 0.2) is 16.7 Å². The second-order valence-electron chi connectivity index (χ2n) is 3.54. The van der Waals surface area contributed by atoms with E-state index in [2.05, 4.69) is 32.3 Å². The molecule has 1 aromatic heterocycles. The average Bonchev–Trinajstić information content (AvgIpc) is 2.23. The number of halogens is 2. The van der Waals surface area contributed by atoms with Crippen LogP contribution >= 0.6 is 27.5 Å². The van der Waals surface area contributed by atoms with Gasteiger partial charge in [-0.25, -0.2) is 4.98 Å². The van der Waals surface area contributed by atoms with Crippen LogP contribution in [0.2, 0.25) is 5.15 Å². The van der Waals surface area contributed by atoms with Gasteiger partial charge in [0, 0.05) is 22.3 Å². The third-order valence-corrected chi connectivity index (χ3v) is 3.27. The Morgan fingerprint density at radius 1 is 1.50 bits per heavy atom. The molecule has 1 aromatic rings. The molecule has 4 heteroatoms. The van der Waals surface area contributed by atoms with E-state index < -0.39 is 0 Å². The monoisotopic (exact) mass is 274 g/mol. The van der Waals surface area contributed by atoms with E-state index in [1.165, 1.54) is 12.8 Å². The van der Waals surface area contributed by atoms with E-state index in [1.54, 1.807) is 6.20 Å². The Kier molecular flexibility index (Phi) is 3.42. The highest BCUT2D eigenvalue weighted by Crippen LogP contribution is 2.29. The quantitative estimate of drug-likeness (QED) is 0.796. The van der Waals surface area contributed by atoms with Crippen molar-refractivity contribution in [2.45, 2.75) is 25.3 Å². The molecule has 1 atom stereocenters. The molecule has 1 saturated heterocycles. The fourth-order valence-corrected chi connectivity index (χ4v) is 2.38. The van der Waals surface area contributed by atoms with Crippen molar-refractivity contribution >= 4 is 27.5 Å². The number of nitrogens with zero attached hydrogens (tertiary/aromatic N) is 1. The van der Waals surface area contributed by atoms with Crippen LogP contribution in [-0.2, 0) is 0 Å². The van der Waals surface area contributed by atoms with Gasteiger partial charge in [0.05, 0.1) is 0 Å². The largest absolute Gasteiger partial charge is 0.310 e. The number of aromatic nitrogens is 1. The highest BCUT2D eigenvalue weighted by atomic mass is 79.9. The molecule has 0 aliphatic carbocycles. The molecule has 0 amide bonds.